The van der Waals surface area contributed by atoms with E-state index in [9.17, 15) is 0 Å². The van der Waals surface area contributed by atoms with Crippen LogP contribution in [0.25, 0.3) is 11.2 Å². The van der Waals surface area contributed by atoms with E-state index in [1.165, 1.54) is 0 Å². The Balaban J connectivity index is 2.53. The maximum absolute atomic E-state index is 4.35. The molecule has 0 aliphatic carbocycles. The lowest BCUT2D eigenvalue weighted by Gasteiger charge is -2.29. The second kappa shape index (κ2) is 4.20. The highest BCUT2D eigenvalue weighted by molar-refractivity contribution is 5.69. The predicted octanol–water partition coefficient (Wildman–Crippen LogP) is 2.75. The fourth-order valence-corrected chi connectivity index (χ4v) is 2.17. The van der Waals surface area contributed by atoms with E-state index in [2.05, 4.69) is 40.3 Å². The van der Waals surface area contributed by atoms with Crippen LogP contribution in [0.1, 0.15) is 40.0 Å². The van der Waals surface area contributed by atoms with E-state index in [0.29, 0.717) is 0 Å². The van der Waals surface area contributed by atoms with Crippen LogP contribution in [0, 0.1) is 0 Å². The van der Waals surface area contributed by atoms with Crippen LogP contribution in [0.5, 0.6) is 0 Å². The maximum Gasteiger partial charge on any atom is 0.163 e. The molecule has 0 aliphatic rings. The van der Waals surface area contributed by atoms with Crippen molar-refractivity contribution in [1.29, 1.82) is 0 Å². The van der Waals surface area contributed by atoms with Gasteiger partial charge in [-0.05, 0) is 19.8 Å². The predicted molar refractivity (Wildman–Crippen MR) is 64.2 cm³/mol. The molecule has 0 N–H and O–H groups in total. The molecule has 4 heteroatoms. The summed E-state index contributed by atoms with van der Waals surface area (Å²) in [4.78, 5) is 12.7. The topological polar surface area (TPSA) is 43.6 Å². The molecule has 2 rings (SSSR count). The Morgan fingerprint density at radius 3 is 2.81 bits per heavy atom. The Hall–Kier alpha value is -1.45. The lowest BCUT2D eigenvalue weighted by molar-refractivity contribution is 0.285. The molecule has 1 unspecified atom stereocenters. The number of aromatic nitrogens is 4. The van der Waals surface area contributed by atoms with Crippen LogP contribution in [0.2, 0.25) is 0 Å². The lowest BCUT2D eigenvalue weighted by atomic mass is 9.93. The molecule has 0 bridgehead atoms. The van der Waals surface area contributed by atoms with Crippen molar-refractivity contribution in [3.05, 3.63) is 18.9 Å². The van der Waals surface area contributed by atoms with Gasteiger partial charge in [0.25, 0.3) is 0 Å². The van der Waals surface area contributed by atoms with Crippen LogP contribution < -0.4 is 0 Å². The van der Waals surface area contributed by atoms with Crippen molar-refractivity contribution in [2.75, 3.05) is 0 Å². The van der Waals surface area contributed by atoms with E-state index in [-0.39, 0.29) is 5.54 Å². The summed E-state index contributed by atoms with van der Waals surface area (Å²) >= 11 is 0. The Bertz CT molecular complexity index is 477. The third-order valence-electron chi connectivity index (χ3n) is 3.34. The van der Waals surface area contributed by atoms with Crippen molar-refractivity contribution >= 4 is 11.2 Å². The molecule has 0 spiro atoms. The summed E-state index contributed by atoms with van der Waals surface area (Å²) in [7, 11) is 0. The number of hydrogen-bond acceptors (Lipinski definition) is 3. The molecule has 0 saturated heterocycles. The molecular formula is C12H18N4. The SMILES string of the molecule is CCCC(C)(CC)n1cnc2cncnc21. The molecule has 4 nitrogen and oxygen atoms in total. The summed E-state index contributed by atoms with van der Waals surface area (Å²) < 4.78 is 2.19. The summed E-state index contributed by atoms with van der Waals surface area (Å²) in [6.45, 7) is 6.68. The zero-order chi connectivity index (χ0) is 11.6. The quantitative estimate of drug-likeness (QED) is 0.792. The highest BCUT2D eigenvalue weighted by Crippen LogP contribution is 2.28. The van der Waals surface area contributed by atoms with Crippen molar-refractivity contribution in [3.63, 3.8) is 0 Å². The largest absolute Gasteiger partial charge is 0.309 e. The minimum absolute atomic E-state index is 0.109. The monoisotopic (exact) mass is 218 g/mol. The first-order chi connectivity index (χ1) is 7.71. The van der Waals surface area contributed by atoms with Gasteiger partial charge in [0.15, 0.2) is 5.65 Å². The molecule has 16 heavy (non-hydrogen) atoms. The molecule has 0 saturated carbocycles. The summed E-state index contributed by atoms with van der Waals surface area (Å²) in [6.07, 6.45) is 8.62. The third kappa shape index (κ3) is 1.68. The van der Waals surface area contributed by atoms with Crippen LogP contribution in [-0.4, -0.2) is 19.5 Å². The third-order valence-corrected chi connectivity index (χ3v) is 3.34. The molecule has 0 aromatic carbocycles. The van der Waals surface area contributed by atoms with Gasteiger partial charge >= 0.3 is 0 Å². The van der Waals surface area contributed by atoms with E-state index in [1.807, 2.05) is 6.33 Å². The molecular weight excluding hydrogens is 200 g/mol. The highest BCUT2D eigenvalue weighted by atomic mass is 15.2. The second-order valence-electron chi connectivity index (χ2n) is 4.45. The van der Waals surface area contributed by atoms with Crippen molar-refractivity contribution < 1.29 is 0 Å². The minimum atomic E-state index is 0.109. The first kappa shape index (κ1) is 11.0. The Morgan fingerprint density at radius 1 is 1.31 bits per heavy atom. The van der Waals surface area contributed by atoms with Gasteiger partial charge in [0.1, 0.15) is 11.8 Å². The summed E-state index contributed by atoms with van der Waals surface area (Å²) in [5.41, 5.74) is 1.92. The Kier molecular flexibility index (Phi) is 2.90. The molecule has 0 radical (unpaired) electrons. The highest BCUT2D eigenvalue weighted by Gasteiger charge is 2.25. The van der Waals surface area contributed by atoms with Gasteiger partial charge in [-0.3, -0.25) is 0 Å². The molecule has 86 valence electrons. The number of nitrogens with zero attached hydrogens (tertiary/aromatic N) is 4. The van der Waals surface area contributed by atoms with Crippen LogP contribution >= 0.6 is 0 Å². The summed E-state index contributed by atoms with van der Waals surface area (Å²) in [6, 6.07) is 0. The van der Waals surface area contributed by atoms with E-state index < -0.39 is 0 Å². The molecule has 0 amide bonds. The van der Waals surface area contributed by atoms with E-state index in [1.54, 1.807) is 12.5 Å². The zero-order valence-corrected chi connectivity index (χ0v) is 10.1. The number of hydrogen-bond donors (Lipinski definition) is 0. The average Bonchev–Trinajstić information content (AvgIpc) is 2.73. The maximum atomic E-state index is 4.35. The summed E-state index contributed by atoms with van der Waals surface area (Å²) in [5, 5.41) is 0. The van der Waals surface area contributed by atoms with Gasteiger partial charge in [0.2, 0.25) is 0 Å². The molecule has 2 heterocycles. The van der Waals surface area contributed by atoms with E-state index >= 15 is 0 Å². The molecule has 2 aromatic rings. The van der Waals surface area contributed by atoms with E-state index in [0.717, 1.165) is 30.4 Å². The first-order valence-corrected chi connectivity index (χ1v) is 5.85. The molecule has 0 fully saturated rings. The van der Waals surface area contributed by atoms with Crippen molar-refractivity contribution in [1.82, 2.24) is 19.5 Å². The molecule has 1 atom stereocenters. The van der Waals surface area contributed by atoms with Gasteiger partial charge in [-0.2, -0.15) is 0 Å². The fourth-order valence-electron chi connectivity index (χ4n) is 2.17. The Labute approximate surface area is 95.7 Å². The van der Waals surface area contributed by atoms with Gasteiger partial charge in [-0.15, -0.1) is 0 Å². The minimum Gasteiger partial charge on any atom is -0.309 e. The Morgan fingerprint density at radius 2 is 2.12 bits per heavy atom. The van der Waals surface area contributed by atoms with Crippen LogP contribution in [0.3, 0.4) is 0 Å². The van der Waals surface area contributed by atoms with Crippen molar-refractivity contribution in [2.24, 2.45) is 0 Å². The van der Waals surface area contributed by atoms with E-state index in [4.69, 9.17) is 0 Å². The molecule has 2 aromatic heterocycles. The normalized spacial score (nSPS) is 15.2. The number of rotatable bonds is 4. The van der Waals surface area contributed by atoms with Crippen LogP contribution in [0.15, 0.2) is 18.9 Å². The second-order valence-corrected chi connectivity index (χ2v) is 4.45. The summed E-state index contributed by atoms with van der Waals surface area (Å²) in [5.74, 6) is 0. The zero-order valence-electron chi connectivity index (χ0n) is 10.1. The van der Waals surface area contributed by atoms with Crippen molar-refractivity contribution in [3.8, 4) is 0 Å². The van der Waals surface area contributed by atoms with Gasteiger partial charge in [0.05, 0.1) is 12.5 Å². The molecule has 0 aliphatic heterocycles. The number of imidazole rings is 1. The average molecular weight is 218 g/mol. The lowest BCUT2D eigenvalue weighted by Crippen LogP contribution is -2.28. The number of fused-ring (bicyclic) bond motifs is 1. The van der Waals surface area contributed by atoms with Crippen LogP contribution in [0.4, 0.5) is 0 Å². The van der Waals surface area contributed by atoms with Gasteiger partial charge < -0.3 is 4.57 Å². The van der Waals surface area contributed by atoms with Crippen LogP contribution in [-0.2, 0) is 5.54 Å². The van der Waals surface area contributed by atoms with Gasteiger partial charge in [-0.1, -0.05) is 20.3 Å². The standard InChI is InChI=1S/C12H18N4/c1-4-6-12(3,5-2)16-9-15-10-7-13-8-14-11(10)16/h7-9H,4-6H2,1-3H3. The fraction of sp³-hybridized carbons (Fsp3) is 0.583. The van der Waals surface area contributed by atoms with Crippen molar-refractivity contribution in [2.45, 2.75) is 45.6 Å². The first-order valence-electron chi connectivity index (χ1n) is 5.85. The smallest absolute Gasteiger partial charge is 0.163 e. The van der Waals surface area contributed by atoms with Gasteiger partial charge in [0, 0.05) is 5.54 Å². The van der Waals surface area contributed by atoms with Gasteiger partial charge in [-0.25, -0.2) is 15.0 Å².